The third kappa shape index (κ3) is 3.12. The molecule has 2 saturated heterocycles. The Morgan fingerprint density at radius 2 is 1.74 bits per heavy atom. The normalized spacial score (nSPS) is 23.5. The van der Waals surface area contributed by atoms with Gasteiger partial charge in [-0.1, -0.05) is 0 Å². The van der Waals surface area contributed by atoms with Crippen molar-refractivity contribution >= 4 is 10.0 Å². The first-order valence-electron chi connectivity index (χ1n) is 8.33. The molecule has 2 heterocycles. The molecule has 0 aromatic heterocycles. The summed E-state index contributed by atoms with van der Waals surface area (Å²) in [5, 5.41) is 0. The van der Waals surface area contributed by atoms with Crippen LogP contribution >= 0.6 is 0 Å². The van der Waals surface area contributed by atoms with Crippen LogP contribution in [0.15, 0.2) is 17.0 Å². The number of sulfonamides is 1. The summed E-state index contributed by atoms with van der Waals surface area (Å²) in [5.41, 5.74) is 2.01. The van der Waals surface area contributed by atoms with Crippen molar-refractivity contribution in [3.05, 3.63) is 23.3 Å². The molecule has 0 spiro atoms. The van der Waals surface area contributed by atoms with E-state index >= 15 is 0 Å². The Morgan fingerprint density at radius 1 is 1.09 bits per heavy atom. The summed E-state index contributed by atoms with van der Waals surface area (Å²) in [6.07, 6.45) is 3.38. The molecule has 23 heavy (non-hydrogen) atoms. The van der Waals surface area contributed by atoms with Crippen LogP contribution in [0.2, 0.25) is 0 Å². The number of benzene rings is 1. The van der Waals surface area contributed by atoms with Gasteiger partial charge in [-0.3, -0.25) is 4.90 Å². The maximum absolute atomic E-state index is 13.1. The maximum Gasteiger partial charge on any atom is 0.246 e. The third-order valence-electron chi connectivity index (χ3n) is 5.18. The van der Waals surface area contributed by atoms with Crippen molar-refractivity contribution in [2.75, 3.05) is 33.3 Å². The highest BCUT2D eigenvalue weighted by molar-refractivity contribution is 7.89. The monoisotopic (exact) mass is 338 g/mol. The fourth-order valence-electron chi connectivity index (χ4n) is 3.60. The van der Waals surface area contributed by atoms with Crippen LogP contribution in [0.5, 0.6) is 5.75 Å². The van der Waals surface area contributed by atoms with Gasteiger partial charge in [0.2, 0.25) is 10.0 Å². The smallest absolute Gasteiger partial charge is 0.246 e. The summed E-state index contributed by atoms with van der Waals surface area (Å²) in [6.45, 7) is 7.30. The largest absolute Gasteiger partial charge is 0.495 e. The molecule has 128 valence electrons. The molecule has 1 atom stereocenters. The first kappa shape index (κ1) is 16.7. The number of rotatable bonds is 4. The number of methoxy groups -OCH3 is 1. The van der Waals surface area contributed by atoms with Crippen LogP contribution in [0.3, 0.4) is 0 Å². The van der Waals surface area contributed by atoms with E-state index in [4.69, 9.17) is 4.74 Å². The highest BCUT2D eigenvalue weighted by atomic mass is 32.2. The van der Waals surface area contributed by atoms with Gasteiger partial charge in [-0.2, -0.15) is 4.31 Å². The van der Waals surface area contributed by atoms with Crippen LogP contribution in [0.1, 0.15) is 30.4 Å². The fraction of sp³-hybridized carbons (Fsp3) is 0.647. The summed E-state index contributed by atoms with van der Waals surface area (Å²) in [4.78, 5) is 2.73. The summed E-state index contributed by atoms with van der Waals surface area (Å²) in [5.74, 6) is 0.442. The Balaban J connectivity index is 1.86. The second kappa shape index (κ2) is 6.42. The molecule has 0 aliphatic carbocycles. The lowest BCUT2D eigenvalue weighted by molar-refractivity contribution is 0.251. The maximum atomic E-state index is 13.1. The minimum Gasteiger partial charge on any atom is -0.495 e. The van der Waals surface area contributed by atoms with Crippen molar-refractivity contribution in [1.29, 1.82) is 0 Å². The molecule has 1 unspecified atom stereocenters. The molecule has 1 aromatic rings. The molecule has 0 bridgehead atoms. The van der Waals surface area contributed by atoms with Crippen LogP contribution in [0.4, 0.5) is 0 Å². The van der Waals surface area contributed by atoms with E-state index in [1.165, 1.54) is 20.0 Å². The second-order valence-corrected chi connectivity index (χ2v) is 8.54. The standard InChI is InChI=1S/C17H26N2O3S/c1-13-10-16(22-3)17(11-14(13)2)23(20,21)19-9-6-15(12-19)18-7-4-5-8-18/h10-11,15H,4-9,12H2,1-3H3. The Labute approximate surface area is 139 Å². The molecular formula is C17H26N2O3S. The summed E-state index contributed by atoms with van der Waals surface area (Å²) in [7, 11) is -1.97. The minimum atomic E-state index is -3.50. The van der Waals surface area contributed by atoms with Gasteiger partial charge in [-0.05, 0) is 69.5 Å². The van der Waals surface area contributed by atoms with Crippen LogP contribution in [0.25, 0.3) is 0 Å². The summed E-state index contributed by atoms with van der Waals surface area (Å²) < 4.78 is 33.1. The van der Waals surface area contributed by atoms with E-state index in [2.05, 4.69) is 4.90 Å². The van der Waals surface area contributed by atoms with Gasteiger partial charge in [0.15, 0.2) is 0 Å². The fourth-order valence-corrected chi connectivity index (χ4v) is 5.31. The van der Waals surface area contributed by atoms with Crippen molar-refractivity contribution in [2.24, 2.45) is 0 Å². The predicted octanol–water partition coefficient (Wildman–Crippen LogP) is 2.17. The van der Waals surface area contributed by atoms with Gasteiger partial charge in [-0.15, -0.1) is 0 Å². The molecule has 0 amide bonds. The van der Waals surface area contributed by atoms with Crippen molar-refractivity contribution in [2.45, 2.75) is 44.0 Å². The van der Waals surface area contributed by atoms with Crippen LogP contribution in [-0.2, 0) is 10.0 Å². The number of hydrogen-bond donors (Lipinski definition) is 0. The van der Waals surface area contributed by atoms with Gasteiger partial charge in [0.05, 0.1) is 7.11 Å². The molecule has 3 rings (SSSR count). The van der Waals surface area contributed by atoms with Gasteiger partial charge >= 0.3 is 0 Å². The van der Waals surface area contributed by atoms with Crippen LogP contribution < -0.4 is 4.74 Å². The van der Waals surface area contributed by atoms with E-state index in [0.29, 0.717) is 29.8 Å². The molecule has 0 N–H and O–H groups in total. The predicted molar refractivity (Wildman–Crippen MR) is 90.4 cm³/mol. The molecule has 2 aliphatic rings. The van der Waals surface area contributed by atoms with Crippen molar-refractivity contribution in [1.82, 2.24) is 9.21 Å². The Hall–Kier alpha value is -1.11. The molecule has 5 nitrogen and oxygen atoms in total. The zero-order valence-electron chi connectivity index (χ0n) is 14.2. The lowest BCUT2D eigenvalue weighted by Gasteiger charge is -2.24. The van der Waals surface area contributed by atoms with Gasteiger partial charge in [0.25, 0.3) is 0 Å². The van der Waals surface area contributed by atoms with Crippen molar-refractivity contribution < 1.29 is 13.2 Å². The Morgan fingerprint density at radius 3 is 2.39 bits per heavy atom. The summed E-state index contributed by atoms with van der Waals surface area (Å²) >= 11 is 0. The van der Waals surface area contributed by atoms with E-state index in [-0.39, 0.29) is 0 Å². The van der Waals surface area contributed by atoms with Gasteiger partial charge in [-0.25, -0.2) is 8.42 Å². The van der Waals surface area contributed by atoms with Crippen molar-refractivity contribution in [3.63, 3.8) is 0 Å². The lowest BCUT2D eigenvalue weighted by atomic mass is 10.1. The van der Waals surface area contributed by atoms with Gasteiger partial charge in [0.1, 0.15) is 10.6 Å². The number of hydrogen-bond acceptors (Lipinski definition) is 4. The zero-order valence-corrected chi connectivity index (χ0v) is 15.0. The average Bonchev–Trinajstić information content (AvgIpc) is 3.20. The third-order valence-corrected chi connectivity index (χ3v) is 7.07. The first-order valence-corrected chi connectivity index (χ1v) is 9.77. The Bertz CT molecular complexity index is 681. The molecule has 2 fully saturated rings. The van der Waals surface area contributed by atoms with E-state index in [1.54, 1.807) is 10.4 Å². The highest BCUT2D eigenvalue weighted by Crippen LogP contribution is 2.32. The molecular weight excluding hydrogens is 312 g/mol. The molecule has 1 aromatic carbocycles. The summed E-state index contributed by atoms with van der Waals surface area (Å²) in [6, 6.07) is 3.92. The number of likely N-dealkylation sites (tertiary alicyclic amines) is 1. The molecule has 2 aliphatic heterocycles. The number of aryl methyl sites for hydroxylation is 2. The van der Waals surface area contributed by atoms with Crippen LogP contribution in [0, 0.1) is 13.8 Å². The molecule has 0 radical (unpaired) electrons. The van der Waals surface area contributed by atoms with E-state index < -0.39 is 10.0 Å². The average molecular weight is 338 g/mol. The Kier molecular flexibility index (Phi) is 4.67. The number of ether oxygens (including phenoxy) is 1. The quantitative estimate of drug-likeness (QED) is 0.844. The second-order valence-electron chi connectivity index (χ2n) is 6.64. The highest BCUT2D eigenvalue weighted by Gasteiger charge is 2.37. The lowest BCUT2D eigenvalue weighted by Crippen LogP contribution is -2.37. The van der Waals surface area contributed by atoms with Gasteiger partial charge < -0.3 is 4.74 Å². The van der Waals surface area contributed by atoms with Crippen LogP contribution in [-0.4, -0.2) is 57.0 Å². The minimum absolute atomic E-state index is 0.296. The zero-order chi connectivity index (χ0) is 16.6. The van der Waals surface area contributed by atoms with Crippen molar-refractivity contribution in [3.8, 4) is 5.75 Å². The molecule has 0 saturated carbocycles. The first-order chi connectivity index (χ1) is 10.9. The van der Waals surface area contributed by atoms with E-state index in [0.717, 1.165) is 30.6 Å². The van der Waals surface area contributed by atoms with E-state index in [9.17, 15) is 8.42 Å². The molecule has 6 heteroatoms. The topological polar surface area (TPSA) is 49.9 Å². The SMILES string of the molecule is COc1cc(C)c(C)cc1S(=O)(=O)N1CCC(N2CCCC2)C1. The van der Waals surface area contributed by atoms with Gasteiger partial charge in [0, 0.05) is 19.1 Å². The van der Waals surface area contributed by atoms with E-state index in [1.807, 2.05) is 19.9 Å². The number of nitrogens with zero attached hydrogens (tertiary/aromatic N) is 2.